The van der Waals surface area contributed by atoms with Crippen LogP contribution in [0.25, 0.3) is 0 Å². The van der Waals surface area contributed by atoms with Crippen LogP contribution in [0.1, 0.15) is 0 Å². The SMILES string of the molecule is [C-]#[O+].[C-]#[O+].[CH]1[CH][CH][CH][CH]1.[Cl][Os]. The summed E-state index contributed by atoms with van der Waals surface area (Å²) in [4.78, 5) is 0. The normalized spacial score (nSPS) is 11.8. The molecule has 0 saturated heterocycles. The van der Waals surface area contributed by atoms with Crippen LogP contribution < -0.4 is 0 Å². The van der Waals surface area contributed by atoms with Gasteiger partial charge in [-0.15, -0.1) is 0 Å². The zero-order valence-electron chi connectivity index (χ0n) is 5.43. The van der Waals surface area contributed by atoms with Gasteiger partial charge in [0.1, 0.15) is 0 Å². The minimum atomic E-state index is 1.33. The fourth-order valence-electron chi connectivity index (χ4n) is 0.321. The van der Waals surface area contributed by atoms with E-state index in [2.05, 4.69) is 22.9 Å². The molecule has 60 valence electrons. The van der Waals surface area contributed by atoms with Gasteiger partial charge in [0.15, 0.2) is 0 Å². The average molecular weight is 347 g/mol. The van der Waals surface area contributed by atoms with Crippen molar-refractivity contribution < 1.29 is 26.9 Å². The molecule has 1 rings (SSSR count). The first-order valence-electron chi connectivity index (χ1n) is 2.21. The second kappa shape index (κ2) is 31.5. The second-order valence-corrected chi connectivity index (χ2v) is 0.962. The first kappa shape index (κ1) is 17.5. The molecule has 0 heterocycles. The van der Waals surface area contributed by atoms with Crippen LogP contribution in [0.3, 0.4) is 0 Å². The van der Waals surface area contributed by atoms with Crippen molar-refractivity contribution in [3.63, 3.8) is 0 Å². The van der Waals surface area contributed by atoms with E-state index in [0.717, 1.165) is 0 Å². The Labute approximate surface area is 82.1 Å². The van der Waals surface area contributed by atoms with Gasteiger partial charge >= 0.3 is 49.8 Å². The Bertz CT molecular complexity index is 65.4. The molecule has 5 radical (unpaired) electrons. The summed E-state index contributed by atoms with van der Waals surface area (Å²) in [5, 5.41) is 0. The summed E-state index contributed by atoms with van der Waals surface area (Å²) in [5.41, 5.74) is 0. The Kier molecular flexibility index (Phi) is 50.1. The van der Waals surface area contributed by atoms with E-state index in [4.69, 9.17) is 9.30 Å². The summed E-state index contributed by atoms with van der Waals surface area (Å²) in [6.45, 7) is 9.00. The fraction of sp³-hybridized carbons (Fsp3) is 0. The van der Waals surface area contributed by atoms with Crippen LogP contribution in [-0.2, 0) is 26.9 Å². The Balaban J connectivity index is -0.0000000933. The Morgan fingerprint density at radius 1 is 0.727 bits per heavy atom. The molecule has 2 nitrogen and oxygen atoms in total. The fourth-order valence-corrected chi connectivity index (χ4v) is 0.321. The van der Waals surface area contributed by atoms with Gasteiger partial charge in [-0.1, -0.05) is 0 Å². The van der Waals surface area contributed by atoms with Gasteiger partial charge in [0.05, 0.1) is 0 Å². The predicted molar refractivity (Wildman–Crippen MR) is 35.2 cm³/mol. The Morgan fingerprint density at radius 3 is 0.909 bits per heavy atom. The van der Waals surface area contributed by atoms with E-state index in [0.29, 0.717) is 0 Å². The van der Waals surface area contributed by atoms with E-state index in [-0.39, 0.29) is 0 Å². The molecule has 1 fully saturated rings. The van der Waals surface area contributed by atoms with Gasteiger partial charge in [-0.25, -0.2) is 0 Å². The molecule has 0 amide bonds. The molecular weight excluding hydrogens is 342 g/mol. The zero-order valence-corrected chi connectivity index (χ0v) is 8.73. The molecular formula is C7H5ClO2Os. The van der Waals surface area contributed by atoms with Gasteiger partial charge in [-0.2, -0.15) is 0 Å². The van der Waals surface area contributed by atoms with Crippen LogP contribution in [0.15, 0.2) is 0 Å². The predicted octanol–water partition coefficient (Wildman–Crippen LogP) is 1.63. The summed E-state index contributed by atoms with van der Waals surface area (Å²) in [7, 11) is 4.67. The van der Waals surface area contributed by atoms with Crippen molar-refractivity contribution in [3.8, 4) is 0 Å². The molecule has 11 heavy (non-hydrogen) atoms. The molecule has 4 heteroatoms. The van der Waals surface area contributed by atoms with E-state index in [1.807, 2.05) is 32.1 Å². The van der Waals surface area contributed by atoms with E-state index >= 15 is 0 Å². The molecule has 0 unspecified atom stereocenters. The van der Waals surface area contributed by atoms with Crippen molar-refractivity contribution in [2.45, 2.75) is 0 Å². The van der Waals surface area contributed by atoms with Gasteiger partial charge < -0.3 is 0 Å². The third-order valence-electron chi connectivity index (χ3n) is 0.556. The summed E-state index contributed by atoms with van der Waals surface area (Å²) in [6, 6.07) is 0. The van der Waals surface area contributed by atoms with E-state index in [9.17, 15) is 0 Å². The quantitative estimate of drug-likeness (QED) is 0.472. The number of rotatable bonds is 0. The van der Waals surface area contributed by atoms with Crippen molar-refractivity contribution in [3.05, 3.63) is 45.4 Å². The number of halogens is 1. The Hall–Kier alpha value is 0.406. The summed E-state index contributed by atoms with van der Waals surface area (Å²) in [6.07, 6.45) is 10.0. The van der Waals surface area contributed by atoms with E-state index in [1.165, 1.54) is 17.6 Å². The summed E-state index contributed by atoms with van der Waals surface area (Å²) < 4.78 is 15.0. The van der Waals surface area contributed by atoms with Crippen LogP contribution in [-0.4, -0.2) is 0 Å². The van der Waals surface area contributed by atoms with Crippen LogP contribution >= 0.6 is 9.64 Å². The number of hydrogen-bond acceptors (Lipinski definition) is 0. The van der Waals surface area contributed by atoms with Crippen molar-refractivity contribution in [2.75, 3.05) is 0 Å². The monoisotopic (exact) mass is 348 g/mol. The van der Waals surface area contributed by atoms with Gasteiger partial charge in [0, 0.05) is 0 Å². The van der Waals surface area contributed by atoms with Gasteiger partial charge in [-0.3, -0.25) is 0 Å². The maximum atomic E-state index is 7.50. The first-order chi connectivity index (χ1) is 5.50. The molecule has 0 aliphatic heterocycles. The average Bonchev–Trinajstić information content (AvgIpc) is 2.71. The van der Waals surface area contributed by atoms with Gasteiger partial charge in [-0.05, 0) is 32.1 Å². The molecule has 0 aromatic carbocycles. The first-order valence-corrected chi connectivity index (χ1v) is 5.36. The van der Waals surface area contributed by atoms with E-state index < -0.39 is 0 Å². The molecule has 1 saturated carbocycles. The molecule has 0 spiro atoms. The molecule has 0 bridgehead atoms. The van der Waals surface area contributed by atoms with Gasteiger partial charge in [0.2, 0.25) is 0 Å². The molecule has 0 N–H and O–H groups in total. The standard InChI is InChI=1S/C5H5.2CO.ClH.Os/c1-2-4-5-3-1;2*1-2;;/h1-5H;;;1H;/q;;;;+1/p-1. The topological polar surface area (TPSA) is 39.8 Å². The van der Waals surface area contributed by atoms with Crippen LogP contribution in [0.4, 0.5) is 0 Å². The van der Waals surface area contributed by atoms with E-state index in [1.54, 1.807) is 0 Å². The number of hydrogen-bond donors (Lipinski definition) is 0. The van der Waals surface area contributed by atoms with Crippen molar-refractivity contribution >= 4 is 9.64 Å². The van der Waals surface area contributed by atoms with Crippen molar-refractivity contribution in [2.24, 2.45) is 0 Å². The molecule has 0 aromatic rings. The van der Waals surface area contributed by atoms with Crippen LogP contribution in [0.2, 0.25) is 0 Å². The summed E-state index contributed by atoms with van der Waals surface area (Å²) >= 11 is 1.33. The molecule has 1 aliphatic rings. The van der Waals surface area contributed by atoms with Gasteiger partial charge in [0.25, 0.3) is 0 Å². The Morgan fingerprint density at radius 2 is 0.818 bits per heavy atom. The van der Waals surface area contributed by atoms with Crippen LogP contribution in [0.5, 0.6) is 0 Å². The third-order valence-corrected chi connectivity index (χ3v) is 0.556. The third kappa shape index (κ3) is 25.2. The van der Waals surface area contributed by atoms with Crippen molar-refractivity contribution in [1.29, 1.82) is 0 Å². The zero-order chi connectivity index (χ0) is 9.54. The van der Waals surface area contributed by atoms with Crippen molar-refractivity contribution in [1.82, 2.24) is 0 Å². The molecule has 0 aromatic heterocycles. The minimum absolute atomic E-state index is 1.33. The summed E-state index contributed by atoms with van der Waals surface area (Å²) in [5.74, 6) is 0. The van der Waals surface area contributed by atoms with Crippen LogP contribution in [0, 0.1) is 45.4 Å². The molecule has 1 aliphatic carbocycles. The maximum absolute atomic E-state index is 7.50. The molecule has 0 atom stereocenters. The second-order valence-electron chi connectivity index (χ2n) is 0.962.